The predicted molar refractivity (Wildman–Crippen MR) is 93.2 cm³/mol. The maximum absolute atomic E-state index is 5.78. The van der Waals surface area contributed by atoms with Gasteiger partial charge in [0.25, 0.3) is 0 Å². The third-order valence-electron chi connectivity index (χ3n) is 3.50. The molecule has 0 saturated carbocycles. The fourth-order valence-corrected chi connectivity index (χ4v) is 2.30. The van der Waals surface area contributed by atoms with E-state index < -0.39 is 0 Å². The maximum atomic E-state index is 5.78. The molecule has 4 nitrogen and oxygen atoms in total. The smallest absolute Gasteiger partial charge is 0.119 e. The molecule has 124 valence electrons. The lowest BCUT2D eigenvalue weighted by atomic mass is 10.1. The monoisotopic (exact) mass is 314 g/mol. The largest absolute Gasteiger partial charge is 0.493 e. The van der Waals surface area contributed by atoms with E-state index in [0.29, 0.717) is 19.8 Å². The molecule has 0 heterocycles. The van der Waals surface area contributed by atoms with Crippen LogP contribution in [0.2, 0.25) is 0 Å². The van der Waals surface area contributed by atoms with E-state index in [0.717, 1.165) is 31.6 Å². The number of aryl methyl sites for hydroxylation is 1. The Hall–Kier alpha value is -1.88. The Balaban J connectivity index is 1.59. The number of hydrogen-bond acceptors (Lipinski definition) is 4. The molecule has 0 spiro atoms. The Bertz CT molecular complexity index is 546. The van der Waals surface area contributed by atoms with Gasteiger partial charge in [0.15, 0.2) is 0 Å². The van der Waals surface area contributed by atoms with E-state index in [2.05, 4.69) is 29.7 Å². The standard InChI is InChI=1S/C19H26N2O2/c20-21-12-5-10-17-9-4-11-19(15-17)23-14-6-13-22-16-18-7-2-1-3-8-18/h1-4,7-9,11,15,21H,5-6,10,12-14,16,20H2. The quantitative estimate of drug-likeness (QED) is 0.380. The lowest BCUT2D eigenvalue weighted by Crippen LogP contribution is -2.23. The highest BCUT2D eigenvalue weighted by atomic mass is 16.5. The van der Waals surface area contributed by atoms with E-state index in [4.69, 9.17) is 15.3 Å². The summed E-state index contributed by atoms with van der Waals surface area (Å²) in [4.78, 5) is 0. The molecule has 0 bridgehead atoms. The first-order chi connectivity index (χ1) is 11.4. The minimum atomic E-state index is 0.658. The van der Waals surface area contributed by atoms with Gasteiger partial charge in [0, 0.05) is 13.0 Å². The number of ether oxygens (including phenoxy) is 2. The van der Waals surface area contributed by atoms with Crippen LogP contribution < -0.4 is 16.0 Å². The summed E-state index contributed by atoms with van der Waals surface area (Å²) in [7, 11) is 0. The average Bonchev–Trinajstić information content (AvgIpc) is 2.59. The van der Waals surface area contributed by atoms with Crippen LogP contribution in [0.15, 0.2) is 54.6 Å². The van der Waals surface area contributed by atoms with Crippen molar-refractivity contribution in [2.75, 3.05) is 19.8 Å². The number of nitrogens with one attached hydrogen (secondary N) is 1. The van der Waals surface area contributed by atoms with Gasteiger partial charge in [0.2, 0.25) is 0 Å². The molecule has 4 heteroatoms. The Kier molecular flexibility index (Phi) is 8.19. The summed E-state index contributed by atoms with van der Waals surface area (Å²) in [5, 5.41) is 0. The minimum absolute atomic E-state index is 0.658. The third-order valence-corrected chi connectivity index (χ3v) is 3.50. The van der Waals surface area contributed by atoms with Crippen LogP contribution in [0, 0.1) is 0 Å². The number of rotatable bonds is 11. The van der Waals surface area contributed by atoms with Gasteiger partial charge in [-0.1, -0.05) is 42.5 Å². The van der Waals surface area contributed by atoms with Crippen molar-refractivity contribution in [2.45, 2.75) is 25.9 Å². The zero-order valence-electron chi connectivity index (χ0n) is 13.5. The maximum Gasteiger partial charge on any atom is 0.119 e. The van der Waals surface area contributed by atoms with E-state index in [9.17, 15) is 0 Å². The molecule has 2 aromatic rings. The van der Waals surface area contributed by atoms with E-state index >= 15 is 0 Å². The second-order valence-electron chi connectivity index (χ2n) is 5.45. The van der Waals surface area contributed by atoms with Crippen LogP contribution in [0.25, 0.3) is 0 Å². The van der Waals surface area contributed by atoms with Gasteiger partial charge in [0.05, 0.1) is 19.8 Å². The topological polar surface area (TPSA) is 56.5 Å². The molecule has 0 unspecified atom stereocenters. The molecule has 3 N–H and O–H groups in total. The zero-order valence-corrected chi connectivity index (χ0v) is 13.5. The molecule has 0 aliphatic heterocycles. The Morgan fingerprint density at radius 1 is 0.870 bits per heavy atom. The minimum Gasteiger partial charge on any atom is -0.493 e. The second kappa shape index (κ2) is 10.8. The average molecular weight is 314 g/mol. The summed E-state index contributed by atoms with van der Waals surface area (Å²) in [6.45, 7) is 2.86. The van der Waals surface area contributed by atoms with Gasteiger partial charge in [-0.2, -0.15) is 0 Å². The van der Waals surface area contributed by atoms with Crippen molar-refractivity contribution < 1.29 is 9.47 Å². The van der Waals surface area contributed by atoms with Crippen molar-refractivity contribution >= 4 is 0 Å². The van der Waals surface area contributed by atoms with Gasteiger partial charge in [-0.05, 0) is 36.1 Å². The van der Waals surface area contributed by atoms with E-state index in [1.165, 1.54) is 11.1 Å². The Labute approximate surface area is 138 Å². The molecule has 0 amide bonds. The highest BCUT2D eigenvalue weighted by molar-refractivity contribution is 5.28. The molecule has 2 rings (SSSR count). The lowest BCUT2D eigenvalue weighted by molar-refractivity contribution is 0.107. The number of hydrogen-bond donors (Lipinski definition) is 2. The van der Waals surface area contributed by atoms with Crippen molar-refractivity contribution in [3.8, 4) is 5.75 Å². The van der Waals surface area contributed by atoms with Crippen LogP contribution >= 0.6 is 0 Å². The molecule has 0 saturated heterocycles. The van der Waals surface area contributed by atoms with Crippen molar-refractivity contribution in [2.24, 2.45) is 5.84 Å². The van der Waals surface area contributed by atoms with Crippen LogP contribution in [0.3, 0.4) is 0 Å². The summed E-state index contributed by atoms with van der Waals surface area (Å²) in [5.74, 6) is 6.20. The first kappa shape index (κ1) is 17.5. The molecule has 0 aliphatic rings. The van der Waals surface area contributed by atoms with Crippen molar-refractivity contribution in [1.29, 1.82) is 0 Å². The second-order valence-corrected chi connectivity index (χ2v) is 5.45. The van der Waals surface area contributed by atoms with Crippen LogP contribution in [0.4, 0.5) is 0 Å². The fourth-order valence-electron chi connectivity index (χ4n) is 2.30. The summed E-state index contributed by atoms with van der Waals surface area (Å²) >= 11 is 0. The van der Waals surface area contributed by atoms with Gasteiger partial charge in [-0.15, -0.1) is 0 Å². The predicted octanol–water partition coefficient (Wildman–Crippen LogP) is 3.07. The normalized spacial score (nSPS) is 10.7. The van der Waals surface area contributed by atoms with Gasteiger partial charge >= 0.3 is 0 Å². The lowest BCUT2D eigenvalue weighted by Gasteiger charge is -2.09. The number of hydrazine groups is 1. The summed E-state index contributed by atoms with van der Waals surface area (Å²) in [6, 6.07) is 18.5. The van der Waals surface area contributed by atoms with Gasteiger partial charge < -0.3 is 9.47 Å². The SMILES string of the molecule is NNCCCc1cccc(OCCCOCc2ccccc2)c1. The first-order valence-corrected chi connectivity index (χ1v) is 8.15. The van der Waals surface area contributed by atoms with Gasteiger partial charge in [-0.3, -0.25) is 11.3 Å². The summed E-state index contributed by atoms with van der Waals surface area (Å²) < 4.78 is 11.4. The van der Waals surface area contributed by atoms with Gasteiger partial charge in [-0.25, -0.2) is 0 Å². The molecule has 0 radical (unpaired) electrons. The highest BCUT2D eigenvalue weighted by Crippen LogP contribution is 2.14. The molecule has 0 fully saturated rings. The molecule has 0 atom stereocenters. The summed E-state index contributed by atoms with van der Waals surface area (Å²) in [5.41, 5.74) is 5.15. The highest BCUT2D eigenvalue weighted by Gasteiger charge is 1.98. The van der Waals surface area contributed by atoms with Crippen LogP contribution in [0.1, 0.15) is 24.0 Å². The summed E-state index contributed by atoms with van der Waals surface area (Å²) in [6.07, 6.45) is 2.91. The fraction of sp³-hybridized carbons (Fsp3) is 0.368. The van der Waals surface area contributed by atoms with Crippen LogP contribution in [-0.4, -0.2) is 19.8 Å². The Morgan fingerprint density at radius 2 is 1.70 bits per heavy atom. The van der Waals surface area contributed by atoms with Crippen molar-refractivity contribution in [3.63, 3.8) is 0 Å². The molecular weight excluding hydrogens is 288 g/mol. The van der Waals surface area contributed by atoms with E-state index in [1.54, 1.807) is 0 Å². The Morgan fingerprint density at radius 3 is 2.52 bits per heavy atom. The van der Waals surface area contributed by atoms with E-state index in [1.807, 2.05) is 30.3 Å². The molecule has 2 aromatic carbocycles. The molecule has 0 aromatic heterocycles. The van der Waals surface area contributed by atoms with Crippen LogP contribution in [-0.2, 0) is 17.8 Å². The molecular formula is C19H26N2O2. The zero-order chi connectivity index (χ0) is 16.2. The van der Waals surface area contributed by atoms with Crippen molar-refractivity contribution in [3.05, 3.63) is 65.7 Å². The van der Waals surface area contributed by atoms with Crippen molar-refractivity contribution in [1.82, 2.24) is 5.43 Å². The molecule has 23 heavy (non-hydrogen) atoms. The van der Waals surface area contributed by atoms with Crippen LogP contribution in [0.5, 0.6) is 5.75 Å². The number of nitrogens with two attached hydrogens (primary N) is 1. The molecule has 0 aliphatic carbocycles. The first-order valence-electron chi connectivity index (χ1n) is 8.15. The van der Waals surface area contributed by atoms with Gasteiger partial charge in [0.1, 0.15) is 5.75 Å². The van der Waals surface area contributed by atoms with E-state index in [-0.39, 0.29) is 0 Å². The third kappa shape index (κ3) is 7.28. The number of benzene rings is 2.